The Hall–Kier alpha value is -2.09. The minimum Gasteiger partial charge on any atom is -0.368 e. The van der Waals surface area contributed by atoms with Crippen LogP contribution in [-0.4, -0.2) is 23.1 Å². The van der Waals surface area contributed by atoms with Gasteiger partial charge in [-0.15, -0.1) is 0 Å². The maximum absolute atomic E-state index is 12.5. The van der Waals surface area contributed by atoms with Crippen molar-refractivity contribution in [2.24, 2.45) is 10.8 Å². The van der Waals surface area contributed by atoms with Crippen LogP contribution in [-0.2, 0) is 11.0 Å². The number of guanidine groups is 1. The minimum atomic E-state index is -4.52. The van der Waals surface area contributed by atoms with E-state index in [2.05, 4.69) is 5.10 Å². The van der Waals surface area contributed by atoms with Crippen LogP contribution in [0.4, 0.5) is 13.2 Å². The number of nitrogens with one attached hydrogen (secondary N) is 1. The van der Waals surface area contributed by atoms with Gasteiger partial charge in [-0.25, -0.2) is 0 Å². The summed E-state index contributed by atoms with van der Waals surface area (Å²) in [4.78, 5) is 11.1. The largest absolute Gasteiger partial charge is 0.416 e. The third kappa shape index (κ3) is 3.95. The maximum Gasteiger partial charge on any atom is 0.416 e. The van der Waals surface area contributed by atoms with Gasteiger partial charge in [0.15, 0.2) is 0 Å². The van der Waals surface area contributed by atoms with Crippen LogP contribution < -0.4 is 5.73 Å². The molecule has 0 aliphatic rings. The Balaban J connectivity index is 3.14. The van der Waals surface area contributed by atoms with E-state index in [-0.39, 0.29) is 10.6 Å². The highest BCUT2D eigenvalue weighted by Crippen LogP contribution is 2.31. The van der Waals surface area contributed by atoms with Gasteiger partial charge < -0.3 is 5.73 Å². The number of carbonyl (C=O) groups is 1. The van der Waals surface area contributed by atoms with Crippen molar-refractivity contribution in [2.45, 2.75) is 13.1 Å². The Morgan fingerprint density at radius 1 is 1.50 bits per heavy atom. The standard InChI is InChI=1S/C11H10ClF3N4O/c1-6(20)19(10(16)17)18-5-7-4-8(11(13,14)15)2-3-9(7)12/h2-5H,1H3,(H3,16,17)/b18-5+. The fourth-order valence-electron chi connectivity index (χ4n) is 1.25. The Bertz CT molecular complexity index is 557. The van der Waals surface area contributed by atoms with Crippen LogP contribution in [0, 0.1) is 5.41 Å². The fourth-order valence-corrected chi connectivity index (χ4v) is 1.42. The molecule has 9 heteroatoms. The van der Waals surface area contributed by atoms with Gasteiger partial charge in [0, 0.05) is 17.5 Å². The Labute approximate surface area is 117 Å². The van der Waals surface area contributed by atoms with Gasteiger partial charge in [-0.3, -0.25) is 10.2 Å². The molecule has 0 atom stereocenters. The first-order chi connectivity index (χ1) is 9.12. The SMILES string of the molecule is CC(=O)N(/N=C/c1cc(C(F)(F)F)ccc1Cl)C(=N)N. The van der Waals surface area contributed by atoms with Gasteiger partial charge in [0.05, 0.1) is 11.8 Å². The van der Waals surface area contributed by atoms with Crippen molar-refractivity contribution in [2.75, 3.05) is 0 Å². The highest BCUT2D eigenvalue weighted by molar-refractivity contribution is 6.33. The summed E-state index contributed by atoms with van der Waals surface area (Å²) >= 11 is 5.74. The molecule has 0 fully saturated rings. The molecule has 0 spiro atoms. The van der Waals surface area contributed by atoms with Gasteiger partial charge in [0.25, 0.3) is 0 Å². The van der Waals surface area contributed by atoms with Gasteiger partial charge in [-0.05, 0) is 18.2 Å². The number of rotatable bonds is 2. The van der Waals surface area contributed by atoms with Crippen LogP contribution >= 0.6 is 11.6 Å². The summed E-state index contributed by atoms with van der Waals surface area (Å²) in [6, 6.07) is 2.68. The first-order valence-corrected chi connectivity index (χ1v) is 5.56. The molecule has 0 saturated carbocycles. The summed E-state index contributed by atoms with van der Waals surface area (Å²) in [5.41, 5.74) is 4.15. The molecule has 0 radical (unpaired) electrons. The highest BCUT2D eigenvalue weighted by atomic mass is 35.5. The number of nitrogens with zero attached hydrogens (tertiary/aromatic N) is 2. The van der Waals surface area contributed by atoms with Crippen LogP contribution in [0.25, 0.3) is 0 Å². The van der Waals surface area contributed by atoms with Crippen LogP contribution in [0.3, 0.4) is 0 Å². The molecule has 5 nitrogen and oxygen atoms in total. The molecule has 108 valence electrons. The molecule has 0 aliphatic heterocycles. The van der Waals surface area contributed by atoms with Crippen LogP contribution in [0.5, 0.6) is 0 Å². The van der Waals surface area contributed by atoms with Gasteiger partial charge in [0.2, 0.25) is 11.9 Å². The summed E-state index contributed by atoms with van der Waals surface area (Å²) in [5, 5.41) is 11.2. The molecule has 0 aromatic heterocycles. The minimum absolute atomic E-state index is 0.0220. The molecule has 0 heterocycles. The summed E-state index contributed by atoms with van der Waals surface area (Å²) in [5.74, 6) is -1.31. The van der Waals surface area contributed by atoms with Crippen LogP contribution in [0.2, 0.25) is 5.02 Å². The monoisotopic (exact) mass is 306 g/mol. The lowest BCUT2D eigenvalue weighted by Crippen LogP contribution is -2.35. The van der Waals surface area contributed by atoms with Crippen molar-refractivity contribution in [1.82, 2.24) is 5.01 Å². The summed E-state index contributed by atoms with van der Waals surface area (Å²) in [7, 11) is 0. The van der Waals surface area contributed by atoms with E-state index in [9.17, 15) is 18.0 Å². The predicted octanol–water partition coefficient (Wildman–Crippen LogP) is 2.43. The number of benzene rings is 1. The molecule has 1 amide bonds. The lowest BCUT2D eigenvalue weighted by atomic mass is 10.1. The molecule has 0 saturated heterocycles. The Kier molecular flexibility index (Phi) is 4.72. The first kappa shape index (κ1) is 16.0. The van der Waals surface area contributed by atoms with E-state index < -0.39 is 23.6 Å². The number of halogens is 4. The van der Waals surface area contributed by atoms with Crippen molar-refractivity contribution in [3.8, 4) is 0 Å². The first-order valence-electron chi connectivity index (χ1n) is 5.18. The molecule has 0 aliphatic carbocycles. The van der Waals surface area contributed by atoms with Gasteiger partial charge >= 0.3 is 6.18 Å². The third-order valence-corrected chi connectivity index (χ3v) is 2.51. The number of hydrazone groups is 1. The number of hydrogen-bond donors (Lipinski definition) is 2. The number of carbonyl (C=O) groups excluding carboxylic acids is 1. The number of nitrogens with two attached hydrogens (primary N) is 1. The second-order valence-electron chi connectivity index (χ2n) is 3.69. The topological polar surface area (TPSA) is 82.5 Å². The smallest absolute Gasteiger partial charge is 0.368 e. The van der Waals surface area contributed by atoms with Crippen molar-refractivity contribution in [1.29, 1.82) is 5.41 Å². The average Bonchev–Trinajstić information content (AvgIpc) is 2.29. The lowest BCUT2D eigenvalue weighted by molar-refractivity contribution is -0.137. The molecule has 3 N–H and O–H groups in total. The molecule has 0 bridgehead atoms. The van der Waals surface area contributed by atoms with E-state index in [1.54, 1.807) is 0 Å². The molecular formula is C11H10ClF3N4O. The number of amides is 1. The number of alkyl halides is 3. The molecule has 20 heavy (non-hydrogen) atoms. The quantitative estimate of drug-likeness (QED) is 0.500. The van der Waals surface area contributed by atoms with Gasteiger partial charge in [-0.2, -0.15) is 23.3 Å². The molecular weight excluding hydrogens is 297 g/mol. The molecule has 1 rings (SSSR count). The summed E-state index contributed by atoms with van der Waals surface area (Å²) in [6.45, 7) is 1.10. The zero-order valence-electron chi connectivity index (χ0n) is 10.2. The van der Waals surface area contributed by atoms with Gasteiger partial charge in [0.1, 0.15) is 0 Å². The van der Waals surface area contributed by atoms with Crippen molar-refractivity contribution < 1.29 is 18.0 Å². The zero-order chi connectivity index (χ0) is 15.5. The van der Waals surface area contributed by atoms with Crippen molar-refractivity contribution in [3.63, 3.8) is 0 Å². The van der Waals surface area contributed by atoms with E-state index in [0.717, 1.165) is 31.3 Å². The second-order valence-corrected chi connectivity index (χ2v) is 4.10. The zero-order valence-corrected chi connectivity index (χ0v) is 11.0. The molecule has 1 aromatic carbocycles. The van der Waals surface area contributed by atoms with Crippen LogP contribution in [0.1, 0.15) is 18.1 Å². The third-order valence-electron chi connectivity index (χ3n) is 2.16. The molecule has 1 aromatic rings. The lowest BCUT2D eigenvalue weighted by Gasteiger charge is -2.12. The summed E-state index contributed by atoms with van der Waals surface area (Å²) in [6.07, 6.45) is -3.59. The summed E-state index contributed by atoms with van der Waals surface area (Å²) < 4.78 is 37.6. The van der Waals surface area contributed by atoms with E-state index >= 15 is 0 Å². The Morgan fingerprint density at radius 3 is 2.55 bits per heavy atom. The predicted molar refractivity (Wildman–Crippen MR) is 68.5 cm³/mol. The van der Waals surface area contributed by atoms with E-state index in [0.29, 0.717) is 5.01 Å². The van der Waals surface area contributed by atoms with Crippen molar-refractivity contribution in [3.05, 3.63) is 34.3 Å². The van der Waals surface area contributed by atoms with Gasteiger partial charge in [-0.1, -0.05) is 11.6 Å². The van der Waals surface area contributed by atoms with E-state index in [1.165, 1.54) is 0 Å². The second kappa shape index (κ2) is 5.91. The normalized spacial score (nSPS) is 11.7. The fraction of sp³-hybridized carbons (Fsp3) is 0.182. The molecule has 0 unspecified atom stereocenters. The van der Waals surface area contributed by atoms with E-state index in [1.807, 2.05) is 0 Å². The average molecular weight is 307 g/mol. The maximum atomic E-state index is 12.5. The van der Waals surface area contributed by atoms with Crippen molar-refractivity contribution >= 4 is 29.7 Å². The van der Waals surface area contributed by atoms with E-state index in [4.69, 9.17) is 22.7 Å². The number of hydrogen-bond acceptors (Lipinski definition) is 3. The Morgan fingerprint density at radius 2 is 2.10 bits per heavy atom. The van der Waals surface area contributed by atoms with Crippen LogP contribution in [0.15, 0.2) is 23.3 Å². The highest BCUT2D eigenvalue weighted by Gasteiger charge is 2.30.